The third-order valence-electron chi connectivity index (χ3n) is 4.68. The molecule has 0 aliphatic heterocycles. The molecule has 11 nitrogen and oxygen atoms in total. The SMILES string of the molecule is CC(C)CC(N)C(=O)NC(CO)C(=O)NC(CS)C(=O)NC(Cc1ccc(O)cc1)C(=O)O. The summed E-state index contributed by atoms with van der Waals surface area (Å²) in [6, 6.07) is 1.08. The van der Waals surface area contributed by atoms with Crippen molar-refractivity contribution < 1.29 is 34.5 Å². The Balaban J connectivity index is 2.77. The summed E-state index contributed by atoms with van der Waals surface area (Å²) in [5.74, 6) is -3.56. The van der Waals surface area contributed by atoms with E-state index in [0.29, 0.717) is 12.0 Å². The number of carbonyl (C=O) groups excluding carboxylic acids is 3. The molecule has 0 saturated carbocycles. The Bertz CT molecular complexity index is 819. The molecule has 3 amide bonds. The highest BCUT2D eigenvalue weighted by atomic mass is 32.1. The molecule has 0 bridgehead atoms. The van der Waals surface area contributed by atoms with Gasteiger partial charge in [-0.1, -0.05) is 26.0 Å². The molecular formula is C21H32N4O7S. The van der Waals surface area contributed by atoms with Crippen LogP contribution in [0.15, 0.2) is 24.3 Å². The minimum atomic E-state index is -1.35. The quantitative estimate of drug-likeness (QED) is 0.160. The fourth-order valence-electron chi connectivity index (χ4n) is 2.89. The number of amides is 3. The van der Waals surface area contributed by atoms with Crippen LogP contribution in [-0.4, -0.2) is 75.5 Å². The molecule has 33 heavy (non-hydrogen) atoms. The van der Waals surface area contributed by atoms with Gasteiger partial charge in [-0.3, -0.25) is 14.4 Å². The van der Waals surface area contributed by atoms with Crippen molar-refractivity contribution in [2.24, 2.45) is 11.7 Å². The van der Waals surface area contributed by atoms with Gasteiger partial charge in [0, 0.05) is 12.2 Å². The van der Waals surface area contributed by atoms with Gasteiger partial charge in [-0.2, -0.15) is 12.6 Å². The largest absolute Gasteiger partial charge is 0.508 e. The average molecular weight is 485 g/mol. The van der Waals surface area contributed by atoms with Crippen LogP contribution in [0.3, 0.4) is 0 Å². The lowest BCUT2D eigenvalue weighted by atomic mass is 10.0. The number of aliphatic hydroxyl groups excluding tert-OH is 1. The normalized spacial score (nSPS) is 14.6. The van der Waals surface area contributed by atoms with Gasteiger partial charge in [0.1, 0.15) is 23.9 Å². The number of aromatic hydroxyl groups is 1. The Morgan fingerprint density at radius 2 is 1.45 bits per heavy atom. The maximum absolute atomic E-state index is 12.6. The number of carboxylic acid groups (broad SMARTS) is 1. The first-order valence-electron chi connectivity index (χ1n) is 10.4. The van der Waals surface area contributed by atoms with Crippen molar-refractivity contribution in [1.82, 2.24) is 16.0 Å². The van der Waals surface area contributed by atoms with E-state index in [4.69, 9.17) is 5.73 Å². The summed E-state index contributed by atoms with van der Waals surface area (Å²) in [7, 11) is 0. The second kappa shape index (κ2) is 13.7. The lowest BCUT2D eigenvalue weighted by Gasteiger charge is -2.24. The van der Waals surface area contributed by atoms with Gasteiger partial charge >= 0.3 is 5.97 Å². The standard InChI is InChI=1S/C21H32N4O7S/c1-11(2)7-14(22)18(28)24-16(9-26)19(29)25-17(10-33)20(30)23-15(21(31)32)8-12-3-5-13(27)6-4-12/h3-6,11,14-17,26-27,33H,7-10,22H2,1-2H3,(H,23,30)(H,24,28)(H,25,29)(H,31,32). The number of carboxylic acids is 1. The topological polar surface area (TPSA) is 191 Å². The van der Waals surface area contributed by atoms with Gasteiger partial charge in [0.15, 0.2) is 0 Å². The number of aliphatic hydroxyl groups is 1. The smallest absolute Gasteiger partial charge is 0.326 e. The van der Waals surface area contributed by atoms with Crippen LogP contribution < -0.4 is 21.7 Å². The maximum atomic E-state index is 12.6. The number of rotatable bonds is 13. The molecule has 1 aromatic rings. The Kier molecular flexibility index (Phi) is 11.7. The summed E-state index contributed by atoms with van der Waals surface area (Å²) in [6.45, 7) is 3.03. The van der Waals surface area contributed by atoms with Crippen molar-refractivity contribution in [2.75, 3.05) is 12.4 Å². The summed E-state index contributed by atoms with van der Waals surface area (Å²) < 4.78 is 0. The maximum Gasteiger partial charge on any atom is 0.326 e. The van der Waals surface area contributed by atoms with E-state index in [2.05, 4.69) is 28.6 Å². The predicted octanol–water partition coefficient (Wildman–Crippen LogP) is -1.23. The third kappa shape index (κ3) is 9.68. The number of carbonyl (C=O) groups is 4. The lowest BCUT2D eigenvalue weighted by Crippen LogP contribution is -2.58. The molecule has 4 unspecified atom stereocenters. The number of hydrogen-bond donors (Lipinski definition) is 8. The molecule has 1 aromatic carbocycles. The second-order valence-electron chi connectivity index (χ2n) is 7.99. The van der Waals surface area contributed by atoms with Crippen molar-refractivity contribution in [1.29, 1.82) is 0 Å². The average Bonchev–Trinajstić information content (AvgIpc) is 2.75. The van der Waals surface area contributed by atoms with E-state index < -0.39 is 54.5 Å². The number of phenolic OH excluding ortho intramolecular Hbond substituents is 1. The number of aliphatic carboxylic acids is 1. The van der Waals surface area contributed by atoms with Gasteiger partial charge in [-0.05, 0) is 30.0 Å². The zero-order valence-corrected chi connectivity index (χ0v) is 19.4. The van der Waals surface area contributed by atoms with Crippen molar-refractivity contribution in [3.63, 3.8) is 0 Å². The predicted molar refractivity (Wildman–Crippen MR) is 124 cm³/mol. The highest BCUT2D eigenvalue weighted by Crippen LogP contribution is 2.11. The second-order valence-corrected chi connectivity index (χ2v) is 8.36. The minimum Gasteiger partial charge on any atom is -0.508 e. The first-order chi connectivity index (χ1) is 15.5. The molecule has 0 saturated heterocycles. The number of nitrogens with two attached hydrogens (primary N) is 1. The molecule has 8 N–H and O–H groups in total. The van der Waals surface area contributed by atoms with Gasteiger partial charge in [-0.15, -0.1) is 0 Å². The third-order valence-corrected chi connectivity index (χ3v) is 5.05. The molecule has 0 fully saturated rings. The van der Waals surface area contributed by atoms with Crippen LogP contribution in [0, 0.1) is 5.92 Å². The first-order valence-corrected chi connectivity index (χ1v) is 11.0. The monoisotopic (exact) mass is 484 g/mol. The van der Waals surface area contributed by atoms with E-state index in [1.54, 1.807) is 0 Å². The van der Waals surface area contributed by atoms with Crippen molar-refractivity contribution in [3.8, 4) is 5.75 Å². The van der Waals surface area contributed by atoms with Crippen molar-refractivity contribution in [3.05, 3.63) is 29.8 Å². The van der Waals surface area contributed by atoms with Crippen LogP contribution in [-0.2, 0) is 25.6 Å². The molecule has 0 aromatic heterocycles. The van der Waals surface area contributed by atoms with Gasteiger partial charge in [0.2, 0.25) is 17.7 Å². The number of nitrogens with one attached hydrogen (secondary N) is 3. The van der Waals surface area contributed by atoms with E-state index >= 15 is 0 Å². The van der Waals surface area contributed by atoms with E-state index in [1.807, 2.05) is 13.8 Å². The minimum absolute atomic E-state index is 0.0169. The van der Waals surface area contributed by atoms with E-state index in [9.17, 15) is 34.5 Å². The van der Waals surface area contributed by atoms with Gasteiger partial charge < -0.3 is 37.0 Å². The van der Waals surface area contributed by atoms with Crippen molar-refractivity contribution in [2.45, 2.75) is 50.9 Å². The molecule has 1 rings (SSSR count). The highest BCUT2D eigenvalue weighted by molar-refractivity contribution is 7.80. The van der Waals surface area contributed by atoms with Crippen LogP contribution in [0.2, 0.25) is 0 Å². The molecule has 0 heterocycles. The van der Waals surface area contributed by atoms with Crippen LogP contribution in [0.4, 0.5) is 0 Å². The molecule has 4 atom stereocenters. The Morgan fingerprint density at radius 3 is 1.94 bits per heavy atom. The molecule has 0 aliphatic rings. The number of thiol groups is 1. The van der Waals surface area contributed by atoms with E-state index in [0.717, 1.165) is 0 Å². The van der Waals surface area contributed by atoms with Crippen LogP contribution >= 0.6 is 12.6 Å². The van der Waals surface area contributed by atoms with Crippen LogP contribution in [0.25, 0.3) is 0 Å². The summed E-state index contributed by atoms with van der Waals surface area (Å²) >= 11 is 4.03. The fourth-order valence-corrected chi connectivity index (χ4v) is 3.15. The van der Waals surface area contributed by atoms with Gasteiger partial charge in [-0.25, -0.2) is 4.79 Å². The lowest BCUT2D eigenvalue weighted by molar-refractivity contribution is -0.142. The number of benzene rings is 1. The fraction of sp³-hybridized carbons (Fsp3) is 0.524. The summed E-state index contributed by atoms with van der Waals surface area (Å²) in [6.07, 6.45) is 0.322. The van der Waals surface area contributed by atoms with E-state index in [-0.39, 0.29) is 23.8 Å². The summed E-state index contributed by atoms with van der Waals surface area (Å²) in [5.41, 5.74) is 6.34. The van der Waals surface area contributed by atoms with Crippen molar-refractivity contribution >= 4 is 36.3 Å². The van der Waals surface area contributed by atoms with Gasteiger partial charge in [0.25, 0.3) is 0 Å². The Labute approximate surface area is 197 Å². The summed E-state index contributed by atoms with van der Waals surface area (Å²) in [4.78, 5) is 48.8. The van der Waals surface area contributed by atoms with Crippen LogP contribution in [0.5, 0.6) is 5.75 Å². The molecule has 0 radical (unpaired) electrons. The molecular weight excluding hydrogens is 452 g/mol. The zero-order chi connectivity index (χ0) is 25.1. The van der Waals surface area contributed by atoms with E-state index in [1.165, 1.54) is 24.3 Å². The Morgan fingerprint density at radius 1 is 0.939 bits per heavy atom. The van der Waals surface area contributed by atoms with Gasteiger partial charge in [0.05, 0.1) is 12.6 Å². The first kappa shape index (κ1) is 28.2. The molecule has 12 heteroatoms. The number of hydrogen-bond acceptors (Lipinski definition) is 8. The highest BCUT2D eigenvalue weighted by Gasteiger charge is 2.29. The summed E-state index contributed by atoms with van der Waals surface area (Å²) in [5, 5.41) is 35.3. The Hall–Kier alpha value is -2.83. The number of phenols is 1. The zero-order valence-electron chi connectivity index (χ0n) is 18.5. The molecule has 184 valence electrons. The molecule has 0 spiro atoms. The molecule has 0 aliphatic carbocycles. The van der Waals surface area contributed by atoms with Crippen LogP contribution in [0.1, 0.15) is 25.8 Å².